The van der Waals surface area contributed by atoms with E-state index in [0.29, 0.717) is 0 Å². The summed E-state index contributed by atoms with van der Waals surface area (Å²) in [4.78, 5) is 27.2. The first-order valence-electron chi connectivity index (χ1n) is 7.95. The van der Waals surface area contributed by atoms with Gasteiger partial charge in [-0.2, -0.15) is 0 Å². The zero-order valence-electron chi connectivity index (χ0n) is 14.8. The molecule has 0 radical (unpaired) electrons. The van der Waals surface area contributed by atoms with Gasteiger partial charge in [-0.15, -0.1) is 0 Å². The van der Waals surface area contributed by atoms with Gasteiger partial charge >= 0.3 is 0 Å². The van der Waals surface area contributed by atoms with Gasteiger partial charge in [0.15, 0.2) is 5.78 Å². The third kappa shape index (κ3) is 2.81. The van der Waals surface area contributed by atoms with Crippen molar-refractivity contribution >= 4 is 11.7 Å². The molecule has 1 aliphatic rings. The van der Waals surface area contributed by atoms with Crippen molar-refractivity contribution in [2.24, 2.45) is 5.41 Å². The molecule has 2 unspecified atom stereocenters. The second kappa shape index (κ2) is 5.53. The molecule has 1 fully saturated rings. The number of hydrogen-bond acceptors (Lipinski definition) is 2. The predicted molar refractivity (Wildman–Crippen MR) is 89.0 cm³/mol. The van der Waals surface area contributed by atoms with Crippen LogP contribution in [0, 0.1) is 26.2 Å². The Morgan fingerprint density at radius 2 is 1.59 bits per heavy atom. The fourth-order valence-electron chi connectivity index (χ4n) is 3.37. The number of carbonyl (C=O) groups is 2. The third-order valence-corrected chi connectivity index (χ3v) is 4.93. The molecule has 0 aliphatic carbocycles. The van der Waals surface area contributed by atoms with Crippen molar-refractivity contribution in [3.8, 4) is 0 Å². The van der Waals surface area contributed by atoms with Gasteiger partial charge in [-0.1, -0.05) is 38.5 Å². The highest BCUT2D eigenvalue weighted by Crippen LogP contribution is 2.35. The van der Waals surface area contributed by atoms with Crippen LogP contribution in [-0.4, -0.2) is 29.2 Å². The Kier molecular flexibility index (Phi) is 4.20. The summed E-state index contributed by atoms with van der Waals surface area (Å²) in [5.41, 5.74) is 4.10. The van der Waals surface area contributed by atoms with Crippen molar-refractivity contribution in [2.75, 3.05) is 6.54 Å². The number of nitrogens with zero attached hydrogens (tertiary/aromatic N) is 1. The van der Waals surface area contributed by atoms with E-state index in [4.69, 9.17) is 0 Å². The summed E-state index contributed by atoms with van der Waals surface area (Å²) in [6.45, 7) is 14.6. The van der Waals surface area contributed by atoms with Gasteiger partial charge in [0.05, 0.1) is 6.54 Å². The minimum Gasteiger partial charge on any atom is -0.331 e. The van der Waals surface area contributed by atoms with Gasteiger partial charge in [-0.3, -0.25) is 9.59 Å². The van der Waals surface area contributed by atoms with Gasteiger partial charge in [0.2, 0.25) is 5.91 Å². The van der Waals surface area contributed by atoms with E-state index in [1.807, 2.05) is 27.7 Å². The fraction of sp³-hybridized carbons (Fsp3) is 0.579. The number of carbonyl (C=O) groups excluding carboxylic acids is 2. The second-order valence-corrected chi connectivity index (χ2v) is 7.72. The number of amides is 1. The van der Waals surface area contributed by atoms with Crippen molar-refractivity contribution in [3.05, 3.63) is 34.4 Å². The van der Waals surface area contributed by atoms with Crippen LogP contribution in [0.25, 0.3) is 0 Å². The maximum absolute atomic E-state index is 12.9. The Bertz CT molecular complexity index is 602. The van der Waals surface area contributed by atoms with Crippen LogP contribution in [0.5, 0.6) is 0 Å². The van der Waals surface area contributed by atoms with Crippen LogP contribution in [-0.2, 0) is 9.59 Å². The van der Waals surface area contributed by atoms with Crippen LogP contribution in [0.3, 0.4) is 0 Å². The predicted octanol–water partition coefficient (Wildman–Crippen LogP) is 3.54. The first-order valence-corrected chi connectivity index (χ1v) is 7.95. The highest BCUT2D eigenvalue weighted by molar-refractivity contribution is 6.13. The zero-order chi connectivity index (χ0) is 16.8. The van der Waals surface area contributed by atoms with Gasteiger partial charge in [-0.25, -0.2) is 0 Å². The molecule has 1 aliphatic heterocycles. The van der Waals surface area contributed by atoms with Gasteiger partial charge in [-0.05, 0) is 49.8 Å². The molecule has 1 heterocycles. The number of likely N-dealkylation sites (tertiary alicyclic amines) is 1. The van der Waals surface area contributed by atoms with Crippen LogP contribution >= 0.6 is 0 Å². The summed E-state index contributed by atoms with van der Waals surface area (Å²) in [6.07, 6.45) is 0. The number of hydrogen-bond donors (Lipinski definition) is 0. The molecular weight excluding hydrogens is 274 g/mol. The van der Waals surface area contributed by atoms with Gasteiger partial charge < -0.3 is 4.90 Å². The Morgan fingerprint density at radius 3 is 2.05 bits per heavy atom. The van der Waals surface area contributed by atoms with Gasteiger partial charge in [0, 0.05) is 6.04 Å². The molecule has 0 bridgehead atoms. The molecule has 0 saturated carbocycles. The summed E-state index contributed by atoms with van der Waals surface area (Å²) in [6, 6.07) is 4.15. The molecule has 1 aromatic rings. The molecule has 120 valence electrons. The lowest BCUT2D eigenvalue weighted by molar-refractivity contribution is -0.132. The molecule has 0 spiro atoms. The van der Waals surface area contributed by atoms with E-state index >= 15 is 0 Å². The lowest BCUT2D eigenvalue weighted by Gasteiger charge is -2.35. The molecule has 2 atom stereocenters. The second-order valence-electron chi connectivity index (χ2n) is 7.72. The molecule has 3 nitrogen and oxygen atoms in total. The lowest BCUT2D eigenvalue weighted by atomic mass is 9.86. The standard InChI is InChI=1S/C19H27NO2/c1-11-8-12(2)16(13(3)9-11)17-15(21)10-20(18(17)22)14(4)19(5,6)7/h8-9,14,17H,10H2,1-7H3. The Morgan fingerprint density at radius 1 is 1.09 bits per heavy atom. The first-order chi connectivity index (χ1) is 10.0. The summed E-state index contributed by atoms with van der Waals surface area (Å²) in [7, 11) is 0. The van der Waals surface area contributed by atoms with Crippen molar-refractivity contribution in [1.29, 1.82) is 0 Å². The maximum Gasteiger partial charge on any atom is 0.238 e. The summed E-state index contributed by atoms with van der Waals surface area (Å²) < 4.78 is 0. The first kappa shape index (κ1) is 16.7. The van der Waals surface area contributed by atoms with Crippen LogP contribution in [0.4, 0.5) is 0 Å². The third-order valence-electron chi connectivity index (χ3n) is 4.93. The van der Waals surface area contributed by atoms with E-state index < -0.39 is 5.92 Å². The van der Waals surface area contributed by atoms with E-state index in [1.165, 1.54) is 0 Å². The molecule has 0 N–H and O–H groups in total. The summed E-state index contributed by atoms with van der Waals surface area (Å²) in [5, 5.41) is 0. The minimum absolute atomic E-state index is 0.0242. The van der Waals surface area contributed by atoms with Crippen molar-refractivity contribution in [3.63, 3.8) is 0 Å². The molecule has 0 aromatic heterocycles. The van der Waals surface area contributed by atoms with Gasteiger partial charge in [0.1, 0.15) is 5.92 Å². The summed E-state index contributed by atoms with van der Waals surface area (Å²) in [5.74, 6) is -0.635. The van der Waals surface area contributed by atoms with E-state index in [1.54, 1.807) is 4.90 Å². The van der Waals surface area contributed by atoms with Crippen LogP contribution in [0.2, 0.25) is 0 Å². The van der Waals surface area contributed by atoms with E-state index in [2.05, 4.69) is 32.9 Å². The smallest absolute Gasteiger partial charge is 0.238 e. The number of Topliss-reactive ketones (excluding diaryl/α,β-unsaturated/α-hetero) is 1. The van der Waals surface area contributed by atoms with Crippen molar-refractivity contribution < 1.29 is 9.59 Å². The highest BCUT2D eigenvalue weighted by Gasteiger charge is 2.45. The SMILES string of the molecule is Cc1cc(C)c(C2C(=O)CN(C(C)C(C)(C)C)C2=O)c(C)c1. The fourth-order valence-corrected chi connectivity index (χ4v) is 3.37. The average molecular weight is 301 g/mol. The zero-order valence-corrected chi connectivity index (χ0v) is 14.8. The van der Waals surface area contributed by atoms with E-state index in [-0.39, 0.29) is 29.7 Å². The Balaban J connectivity index is 2.43. The van der Waals surface area contributed by atoms with E-state index in [9.17, 15) is 9.59 Å². The van der Waals surface area contributed by atoms with Crippen molar-refractivity contribution in [1.82, 2.24) is 4.90 Å². The van der Waals surface area contributed by atoms with E-state index in [0.717, 1.165) is 22.3 Å². The number of aryl methyl sites for hydroxylation is 3. The monoisotopic (exact) mass is 301 g/mol. The average Bonchev–Trinajstić information content (AvgIpc) is 2.63. The number of ketones is 1. The molecular formula is C19H27NO2. The van der Waals surface area contributed by atoms with Crippen LogP contribution in [0.15, 0.2) is 12.1 Å². The number of rotatable bonds is 2. The molecule has 1 saturated heterocycles. The molecule has 3 heteroatoms. The molecule has 22 heavy (non-hydrogen) atoms. The Hall–Kier alpha value is -1.64. The van der Waals surface area contributed by atoms with Gasteiger partial charge in [0.25, 0.3) is 0 Å². The van der Waals surface area contributed by atoms with Crippen LogP contribution in [0.1, 0.15) is 55.9 Å². The highest BCUT2D eigenvalue weighted by atomic mass is 16.2. The maximum atomic E-state index is 12.9. The quantitative estimate of drug-likeness (QED) is 0.784. The molecule has 1 amide bonds. The Labute approximate surface area is 133 Å². The largest absolute Gasteiger partial charge is 0.331 e. The lowest BCUT2D eigenvalue weighted by Crippen LogP contribution is -2.43. The number of benzene rings is 1. The normalized spacial score (nSPS) is 20.7. The molecule has 2 rings (SSSR count). The van der Waals surface area contributed by atoms with Crippen LogP contribution < -0.4 is 0 Å². The summed E-state index contributed by atoms with van der Waals surface area (Å²) >= 11 is 0. The molecule has 1 aromatic carbocycles. The minimum atomic E-state index is -0.620. The van der Waals surface area contributed by atoms with Crippen molar-refractivity contribution in [2.45, 2.75) is 60.4 Å². The topological polar surface area (TPSA) is 37.4 Å².